The third kappa shape index (κ3) is 1.72. The zero-order chi connectivity index (χ0) is 9.14. The van der Waals surface area contributed by atoms with Crippen LogP contribution in [0.15, 0.2) is 0 Å². The van der Waals surface area contributed by atoms with Crippen LogP contribution in [0.2, 0.25) is 5.02 Å². The monoisotopic (exact) mass is 187 g/mol. The number of halogens is 1. The lowest BCUT2D eigenvalue weighted by Crippen LogP contribution is -2.04. The lowest BCUT2D eigenvalue weighted by Gasteiger charge is -2.01. The second-order valence-corrected chi connectivity index (χ2v) is 3.24. The normalized spacial score (nSPS) is 10.6. The van der Waals surface area contributed by atoms with E-state index in [-0.39, 0.29) is 0 Å². The van der Waals surface area contributed by atoms with Gasteiger partial charge in [0.25, 0.3) is 0 Å². The van der Waals surface area contributed by atoms with Crippen LogP contribution < -0.4 is 5.73 Å². The van der Waals surface area contributed by atoms with Gasteiger partial charge in [-0.25, -0.2) is 4.68 Å². The molecule has 0 aliphatic heterocycles. The first-order chi connectivity index (χ1) is 5.66. The fourth-order valence-electron chi connectivity index (χ4n) is 1.06. The quantitative estimate of drug-likeness (QED) is 0.789. The minimum Gasteiger partial charge on any atom is -0.383 e. The molecular weight excluding hydrogens is 174 g/mol. The molecule has 0 aliphatic rings. The van der Waals surface area contributed by atoms with Gasteiger partial charge in [0.05, 0.1) is 5.69 Å². The van der Waals surface area contributed by atoms with E-state index in [1.54, 1.807) is 4.68 Å². The standard InChI is InChI=1S/C8H14ClN3/c1-3-4-5-12-8(10)7(9)6(2)11-12/h3-5,10H2,1-2H3. The van der Waals surface area contributed by atoms with Crippen LogP contribution in [0.4, 0.5) is 5.82 Å². The predicted molar refractivity (Wildman–Crippen MR) is 51.3 cm³/mol. The maximum atomic E-state index is 5.87. The number of aryl methyl sites for hydroxylation is 2. The molecule has 1 aromatic rings. The Morgan fingerprint density at radius 3 is 2.67 bits per heavy atom. The Bertz CT molecular complexity index is 268. The van der Waals surface area contributed by atoms with Crippen molar-refractivity contribution in [2.75, 3.05) is 5.73 Å². The van der Waals surface area contributed by atoms with Crippen molar-refractivity contribution in [2.45, 2.75) is 33.2 Å². The molecule has 0 fully saturated rings. The van der Waals surface area contributed by atoms with E-state index in [1.165, 1.54) is 0 Å². The topological polar surface area (TPSA) is 43.8 Å². The van der Waals surface area contributed by atoms with Crippen LogP contribution in [0.1, 0.15) is 25.5 Å². The minimum atomic E-state index is 0.586. The highest BCUT2D eigenvalue weighted by atomic mass is 35.5. The highest BCUT2D eigenvalue weighted by Crippen LogP contribution is 2.22. The van der Waals surface area contributed by atoms with Gasteiger partial charge in [-0.05, 0) is 13.3 Å². The van der Waals surface area contributed by atoms with E-state index in [4.69, 9.17) is 17.3 Å². The molecule has 0 atom stereocenters. The maximum absolute atomic E-state index is 5.87. The number of unbranched alkanes of at least 4 members (excludes halogenated alkanes) is 1. The van der Waals surface area contributed by atoms with E-state index in [2.05, 4.69) is 12.0 Å². The van der Waals surface area contributed by atoms with E-state index in [0.29, 0.717) is 10.8 Å². The smallest absolute Gasteiger partial charge is 0.140 e. The molecule has 2 N–H and O–H groups in total. The van der Waals surface area contributed by atoms with E-state index in [0.717, 1.165) is 25.1 Å². The van der Waals surface area contributed by atoms with Gasteiger partial charge in [-0.1, -0.05) is 24.9 Å². The van der Waals surface area contributed by atoms with Gasteiger partial charge in [-0.15, -0.1) is 0 Å². The molecular formula is C8H14ClN3. The highest BCUT2D eigenvalue weighted by molar-refractivity contribution is 6.33. The van der Waals surface area contributed by atoms with Crippen LogP contribution >= 0.6 is 11.6 Å². The molecule has 0 bridgehead atoms. The van der Waals surface area contributed by atoms with Gasteiger partial charge >= 0.3 is 0 Å². The molecule has 68 valence electrons. The summed E-state index contributed by atoms with van der Waals surface area (Å²) in [6.07, 6.45) is 2.22. The van der Waals surface area contributed by atoms with Crippen LogP contribution in [0.3, 0.4) is 0 Å². The van der Waals surface area contributed by atoms with Crippen molar-refractivity contribution in [3.8, 4) is 0 Å². The predicted octanol–water partition coefficient (Wildman–Crippen LogP) is 2.23. The molecule has 1 heterocycles. The van der Waals surface area contributed by atoms with Gasteiger partial charge < -0.3 is 5.73 Å². The van der Waals surface area contributed by atoms with Gasteiger partial charge in [0.1, 0.15) is 10.8 Å². The molecule has 3 nitrogen and oxygen atoms in total. The minimum absolute atomic E-state index is 0.586. The van der Waals surface area contributed by atoms with Crippen molar-refractivity contribution in [2.24, 2.45) is 0 Å². The number of aromatic nitrogens is 2. The van der Waals surface area contributed by atoms with E-state index < -0.39 is 0 Å². The second-order valence-electron chi connectivity index (χ2n) is 2.86. The average Bonchev–Trinajstić information content (AvgIpc) is 2.30. The molecule has 4 heteroatoms. The van der Waals surface area contributed by atoms with Crippen molar-refractivity contribution in [1.29, 1.82) is 0 Å². The lowest BCUT2D eigenvalue weighted by atomic mass is 10.3. The molecule has 0 saturated carbocycles. The Hall–Kier alpha value is -0.700. The average molecular weight is 188 g/mol. The summed E-state index contributed by atoms with van der Waals surface area (Å²) in [5.41, 5.74) is 6.52. The number of nitrogens with two attached hydrogens (primary N) is 1. The molecule has 0 saturated heterocycles. The highest BCUT2D eigenvalue weighted by Gasteiger charge is 2.08. The molecule has 0 spiro atoms. The third-order valence-electron chi connectivity index (χ3n) is 1.81. The van der Waals surface area contributed by atoms with Crippen molar-refractivity contribution in [1.82, 2.24) is 9.78 Å². The van der Waals surface area contributed by atoms with Gasteiger partial charge in [0.15, 0.2) is 0 Å². The number of rotatable bonds is 3. The summed E-state index contributed by atoms with van der Waals surface area (Å²) in [5, 5.41) is 4.80. The van der Waals surface area contributed by atoms with Gasteiger partial charge in [0, 0.05) is 6.54 Å². The zero-order valence-corrected chi connectivity index (χ0v) is 8.23. The summed E-state index contributed by atoms with van der Waals surface area (Å²) >= 11 is 5.87. The van der Waals surface area contributed by atoms with Gasteiger partial charge in [-0.2, -0.15) is 5.10 Å². The first-order valence-corrected chi connectivity index (χ1v) is 4.53. The van der Waals surface area contributed by atoms with E-state index in [1.807, 2.05) is 6.92 Å². The number of hydrogen-bond acceptors (Lipinski definition) is 2. The summed E-state index contributed by atoms with van der Waals surface area (Å²) in [4.78, 5) is 0. The number of nitrogens with zero attached hydrogens (tertiary/aromatic N) is 2. The third-order valence-corrected chi connectivity index (χ3v) is 2.28. The van der Waals surface area contributed by atoms with Crippen molar-refractivity contribution >= 4 is 17.4 Å². The first-order valence-electron chi connectivity index (χ1n) is 4.15. The Kier molecular flexibility index (Phi) is 2.98. The molecule has 0 aromatic carbocycles. The SMILES string of the molecule is CCCCn1nc(C)c(Cl)c1N. The molecule has 0 radical (unpaired) electrons. The summed E-state index contributed by atoms with van der Waals surface area (Å²) < 4.78 is 1.77. The molecule has 0 amide bonds. The molecule has 12 heavy (non-hydrogen) atoms. The Balaban J connectivity index is 2.79. The van der Waals surface area contributed by atoms with Crippen molar-refractivity contribution in [3.05, 3.63) is 10.7 Å². The summed E-state index contributed by atoms with van der Waals surface area (Å²) in [6.45, 7) is 4.85. The van der Waals surface area contributed by atoms with Crippen LogP contribution in [-0.2, 0) is 6.54 Å². The van der Waals surface area contributed by atoms with Crippen LogP contribution in [0, 0.1) is 6.92 Å². The Labute approximate surface area is 77.5 Å². The van der Waals surface area contributed by atoms with Crippen LogP contribution in [-0.4, -0.2) is 9.78 Å². The molecule has 1 aromatic heterocycles. The largest absolute Gasteiger partial charge is 0.383 e. The summed E-state index contributed by atoms with van der Waals surface area (Å²) in [7, 11) is 0. The fourth-order valence-corrected chi connectivity index (χ4v) is 1.19. The molecule has 0 aliphatic carbocycles. The van der Waals surface area contributed by atoms with Gasteiger partial charge in [0.2, 0.25) is 0 Å². The Morgan fingerprint density at radius 1 is 1.58 bits per heavy atom. The van der Waals surface area contributed by atoms with Crippen molar-refractivity contribution < 1.29 is 0 Å². The van der Waals surface area contributed by atoms with E-state index in [9.17, 15) is 0 Å². The summed E-state index contributed by atoms with van der Waals surface area (Å²) in [5.74, 6) is 0.586. The number of hydrogen-bond donors (Lipinski definition) is 1. The maximum Gasteiger partial charge on any atom is 0.140 e. The number of nitrogen functional groups attached to an aromatic ring is 1. The second kappa shape index (κ2) is 3.81. The van der Waals surface area contributed by atoms with E-state index >= 15 is 0 Å². The first kappa shape index (κ1) is 9.39. The van der Waals surface area contributed by atoms with Crippen LogP contribution in [0.25, 0.3) is 0 Å². The van der Waals surface area contributed by atoms with Crippen LogP contribution in [0.5, 0.6) is 0 Å². The molecule has 0 unspecified atom stereocenters. The zero-order valence-electron chi connectivity index (χ0n) is 7.47. The summed E-state index contributed by atoms with van der Waals surface area (Å²) in [6, 6.07) is 0. The Morgan fingerprint density at radius 2 is 2.25 bits per heavy atom. The lowest BCUT2D eigenvalue weighted by molar-refractivity contribution is 0.575. The fraction of sp³-hybridized carbons (Fsp3) is 0.625. The number of anilines is 1. The molecule has 1 rings (SSSR count). The van der Waals surface area contributed by atoms with Crippen molar-refractivity contribution in [3.63, 3.8) is 0 Å². The van der Waals surface area contributed by atoms with Gasteiger partial charge in [-0.3, -0.25) is 0 Å².